The number of aromatic nitrogens is 1. The number of nitrogens with one attached hydrogen (secondary N) is 1. The maximum absolute atomic E-state index is 12.3. The van der Waals surface area contributed by atoms with Crippen molar-refractivity contribution in [1.29, 1.82) is 0 Å². The molecule has 0 bridgehead atoms. The highest BCUT2D eigenvalue weighted by atomic mass is 79.9. The van der Waals surface area contributed by atoms with Crippen molar-refractivity contribution in [3.8, 4) is 0 Å². The molecule has 0 saturated carbocycles. The van der Waals surface area contributed by atoms with Gasteiger partial charge in [0.15, 0.2) is 0 Å². The summed E-state index contributed by atoms with van der Waals surface area (Å²) in [5.41, 5.74) is 1.95. The van der Waals surface area contributed by atoms with E-state index >= 15 is 0 Å². The number of amides is 3. The number of pyridine rings is 1. The van der Waals surface area contributed by atoms with Crippen LogP contribution in [-0.4, -0.2) is 34.2 Å². The fraction of sp³-hybridized carbons (Fsp3) is 0.125. The van der Waals surface area contributed by atoms with Crippen LogP contribution in [0.25, 0.3) is 0 Å². The molecule has 2 heterocycles. The third-order valence-corrected chi connectivity index (χ3v) is 3.92. The number of hydrogen-bond acceptors (Lipinski definition) is 4. The summed E-state index contributed by atoms with van der Waals surface area (Å²) >= 11 is 3.26. The number of imide groups is 1. The minimum atomic E-state index is -0.469. The zero-order valence-electron chi connectivity index (χ0n) is 12.2. The number of aryl methyl sites for hydroxylation is 1. The van der Waals surface area contributed by atoms with Gasteiger partial charge in [-0.05, 0) is 37.3 Å². The predicted octanol–water partition coefficient (Wildman–Crippen LogP) is 2.39. The van der Waals surface area contributed by atoms with Gasteiger partial charge in [-0.3, -0.25) is 24.3 Å². The highest BCUT2D eigenvalue weighted by Gasteiger charge is 2.36. The molecule has 3 amide bonds. The normalized spacial score (nSPS) is 13.2. The molecule has 0 aliphatic carbocycles. The number of fused-ring (bicyclic) bond motifs is 1. The van der Waals surface area contributed by atoms with Gasteiger partial charge < -0.3 is 5.32 Å². The molecule has 0 fully saturated rings. The van der Waals surface area contributed by atoms with Gasteiger partial charge in [0.05, 0.1) is 23.0 Å². The lowest BCUT2D eigenvalue weighted by atomic mass is 10.1. The first-order chi connectivity index (χ1) is 11.0. The number of nitrogens with zero attached hydrogens (tertiary/aromatic N) is 2. The van der Waals surface area contributed by atoms with Crippen LogP contribution in [0.5, 0.6) is 0 Å². The molecule has 1 N–H and O–H groups in total. The third kappa shape index (κ3) is 3.00. The number of rotatable bonds is 3. The van der Waals surface area contributed by atoms with E-state index in [1.54, 1.807) is 30.3 Å². The molecule has 1 aliphatic rings. The van der Waals surface area contributed by atoms with Crippen molar-refractivity contribution < 1.29 is 14.4 Å². The van der Waals surface area contributed by atoms with Crippen LogP contribution in [0.1, 0.15) is 26.4 Å². The lowest BCUT2D eigenvalue weighted by Crippen LogP contribution is -2.37. The lowest BCUT2D eigenvalue weighted by Gasteiger charge is -2.13. The van der Waals surface area contributed by atoms with Crippen LogP contribution in [-0.2, 0) is 4.79 Å². The van der Waals surface area contributed by atoms with E-state index in [9.17, 15) is 14.4 Å². The van der Waals surface area contributed by atoms with Gasteiger partial charge >= 0.3 is 0 Å². The van der Waals surface area contributed by atoms with Crippen molar-refractivity contribution >= 4 is 39.3 Å². The van der Waals surface area contributed by atoms with Crippen LogP contribution < -0.4 is 5.32 Å². The fourth-order valence-electron chi connectivity index (χ4n) is 2.29. The van der Waals surface area contributed by atoms with Crippen molar-refractivity contribution in [2.75, 3.05) is 11.9 Å². The number of carbonyl (C=O) groups excluding carboxylic acids is 3. The first-order valence-electron chi connectivity index (χ1n) is 6.84. The molecule has 23 heavy (non-hydrogen) atoms. The van der Waals surface area contributed by atoms with Crippen molar-refractivity contribution in [2.24, 2.45) is 0 Å². The third-order valence-electron chi connectivity index (χ3n) is 3.43. The Morgan fingerprint density at radius 1 is 1.17 bits per heavy atom. The van der Waals surface area contributed by atoms with E-state index in [1.165, 1.54) is 6.20 Å². The van der Waals surface area contributed by atoms with E-state index in [4.69, 9.17) is 0 Å². The van der Waals surface area contributed by atoms with Crippen molar-refractivity contribution in [3.63, 3.8) is 0 Å². The van der Waals surface area contributed by atoms with Gasteiger partial charge in [-0.15, -0.1) is 0 Å². The summed E-state index contributed by atoms with van der Waals surface area (Å²) in [6.45, 7) is 1.50. The molecule has 1 aliphatic heterocycles. The number of benzene rings is 1. The van der Waals surface area contributed by atoms with Crippen molar-refractivity contribution in [1.82, 2.24) is 9.88 Å². The zero-order valence-corrected chi connectivity index (χ0v) is 13.8. The summed E-state index contributed by atoms with van der Waals surface area (Å²) in [5, 5.41) is 2.62. The van der Waals surface area contributed by atoms with E-state index < -0.39 is 17.7 Å². The molecule has 0 atom stereocenters. The van der Waals surface area contributed by atoms with Gasteiger partial charge in [0, 0.05) is 10.2 Å². The molecule has 0 unspecified atom stereocenters. The average Bonchev–Trinajstić information content (AvgIpc) is 2.74. The topological polar surface area (TPSA) is 79.4 Å². The summed E-state index contributed by atoms with van der Waals surface area (Å²) in [7, 11) is 0. The number of halogens is 1. The molecular weight excluding hydrogens is 362 g/mol. The maximum atomic E-state index is 12.3. The first-order valence-corrected chi connectivity index (χ1v) is 7.63. The van der Waals surface area contributed by atoms with E-state index in [2.05, 4.69) is 26.2 Å². The largest absolute Gasteiger partial charge is 0.323 e. The smallest absolute Gasteiger partial charge is 0.262 e. The van der Waals surface area contributed by atoms with Gasteiger partial charge in [-0.1, -0.05) is 15.9 Å². The minimum Gasteiger partial charge on any atom is -0.323 e. The maximum Gasteiger partial charge on any atom is 0.262 e. The molecule has 1 aromatic carbocycles. The minimum absolute atomic E-state index is 0.300. The summed E-state index contributed by atoms with van der Waals surface area (Å²) < 4.78 is 0.703. The van der Waals surface area contributed by atoms with E-state index in [0.29, 0.717) is 21.3 Å². The van der Waals surface area contributed by atoms with Crippen molar-refractivity contribution in [2.45, 2.75) is 6.92 Å². The summed E-state index contributed by atoms with van der Waals surface area (Å²) in [6.07, 6.45) is 1.52. The SMILES string of the molecule is Cc1ccc(NC(=O)CN2C(=O)c3ccc(Br)cc3C2=O)cn1. The number of anilines is 1. The summed E-state index contributed by atoms with van der Waals surface area (Å²) in [6, 6.07) is 8.30. The second kappa shape index (κ2) is 5.92. The van der Waals surface area contributed by atoms with E-state index in [1.807, 2.05) is 6.92 Å². The van der Waals surface area contributed by atoms with Crippen LogP contribution in [0.3, 0.4) is 0 Å². The number of hydrogen-bond donors (Lipinski definition) is 1. The van der Waals surface area contributed by atoms with E-state index in [0.717, 1.165) is 10.6 Å². The van der Waals surface area contributed by atoms with Crippen molar-refractivity contribution in [3.05, 3.63) is 57.8 Å². The Morgan fingerprint density at radius 2 is 1.91 bits per heavy atom. The van der Waals surface area contributed by atoms with Gasteiger partial charge in [0.1, 0.15) is 6.54 Å². The van der Waals surface area contributed by atoms with Crippen LogP contribution in [0.15, 0.2) is 41.0 Å². The Morgan fingerprint density at radius 3 is 2.61 bits per heavy atom. The van der Waals surface area contributed by atoms with Crippen LogP contribution in [0.2, 0.25) is 0 Å². The second-order valence-corrected chi connectivity index (χ2v) is 6.04. The molecule has 6 nitrogen and oxygen atoms in total. The van der Waals surface area contributed by atoms with Gasteiger partial charge in [0.2, 0.25) is 5.91 Å². The second-order valence-electron chi connectivity index (χ2n) is 5.12. The fourth-order valence-corrected chi connectivity index (χ4v) is 2.65. The van der Waals surface area contributed by atoms with Crippen LogP contribution in [0, 0.1) is 6.92 Å². The van der Waals surface area contributed by atoms with Crippen LogP contribution in [0.4, 0.5) is 5.69 Å². The Hall–Kier alpha value is -2.54. The molecule has 3 rings (SSSR count). The molecule has 7 heteroatoms. The monoisotopic (exact) mass is 373 g/mol. The summed E-state index contributed by atoms with van der Waals surface area (Å²) in [5.74, 6) is -1.39. The molecule has 2 aromatic rings. The zero-order chi connectivity index (χ0) is 16.6. The quantitative estimate of drug-likeness (QED) is 0.837. The molecule has 0 spiro atoms. The highest BCUT2D eigenvalue weighted by Crippen LogP contribution is 2.25. The van der Waals surface area contributed by atoms with E-state index in [-0.39, 0.29) is 6.54 Å². The lowest BCUT2D eigenvalue weighted by molar-refractivity contribution is -0.116. The Kier molecular flexibility index (Phi) is 3.96. The predicted molar refractivity (Wildman–Crippen MR) is 87.1 cm³/mol. The van der Waals surface area contributed by atoms with Gasteiger partial charge in [-0.2, -0.15) is 0 Å². The molecule has 0 radical (unpaired) electrons. The first kappa shape index (κ1) is 15.4. The summed E-state index contributed by atoms with van der Waals surface area (Å²) in [4.78, 5) is 41.6. The Bertz CT molecular complexity index is 818. The number of carbonyl (C=O) groups is 3. The Labute approximate surface area is 140 Å². The standard InChI is InChI=1S/C16H12BrN3O3/c1-9-2-4-11(7-18-9)19-14(21)8-20-15(22)12-5-3-10(17)6-13(12)16(20)23/h2-7H,8H2,1H3,(H,19,21). The highest BCUT2D eigenvalue weighted by molar-refractivity contribution is 9.10. The van der Waals surface area contributed by atoms with Gasteiger partial charge in [-0.25, -0.2) is 0 Å². The van der Waals surface area contributed by atoms with Gasteiger partial charge in [0.25, 0.3) is 11.8 Å². The molecule has 116 valence electrons. The molecule has 1 aromatic heterocycles. The Balaban J connectivity index is 1.73. The molecule has 0 saturated heterocycles. The average molecular weight is 374 g/mol. The van der Waals surface area contributed by atoms with Crippen LogP contribution >= 0.6 is 15.9 Å². The molecular formula is C16H12BrN3O3.